The van der Waals surface area contributed by atoms with Crippen LogP contribution in [-0.2, 0) is 9.53 Å². The van der Waals surface area contributed by atoms with Crippen LogP contribution < -0.4 is 0 Å². The lowest BCUT2D eigenvalue weighted by atomic mass is 9.85. The van der Waals surface area contributed by atoms with Crippen molar-refractivity contribution in [3.05, 3.63) is 23.3 Å². The molecular weight excluding hydrogens is 204 g/mol. The Balaban J connectivity index is 2.30. The Labute approximate surface area is 95.8 Å². The van der Waals surface area contributed by atoms with E-state index in [0.29, 0.717) is 6.42 Å². The molecule has 0 aromatic carbocycles. The number of carbonyl (C=O) groups is 1. The second-order valence-electron chi connectivity index (χ2n) is 4.46. The van der Waals surface area contributed by atoms with E-state index in [0.717, 1.165) is 43.1 Å². The fraction of sp³-hybridized carbons (Fsp3) is 0.615. The number of allylic oxidation sites excluding steroid dienone is 1. The fourth-order valence-electron chi connectivity index (χ4n) is 2.47. The maximum Gasteiger partial charge on any atom is 0.179 e. The summed E-state index contributed by atoms with van der Waals surface area (Å²) >= 11 is 0. The van der Waals surface area contributed by atoms with Crippen LogP contribution in [0.2, 0.25) is 0 Å². The van der Waals surface area contributed by atoms with Crippen molar-refractivity contribution in [2.45, 2.75) is 50.9 Å². The Morgan fingerprint density at radius 2 is 2.50 bits per heavy atom. The molecule has 3 nitrogen and oxygen atoms in total. The van der Waals surface area contributed by atoms with Gasteiger partial charge in [-0.3, -0.25) is 4.79 Å². The van der Waals surface area contributed by atoms with E-state index in [1.54, 1.807) is 0 Å². The molecule has 0 radical (unpaired) electrons. The van der Waals surface area contributed by atoms with Crippen LogP contribution in [0.3, 0.4) is 0 Å². The molecule has 2 unspecified atom stereocenters. The first-order chi connectivity index (χ1) is 7.73. The van der Waals surface area contributed by atoms with Gasteiger partial charge in [-0.15, -0.1) is 0 Å². The van der Waals surface area contributed by atoms with Crippen molar-refractivity contribution in [2.24, 2.45) is 0 Å². The van der Waals surface area contributed by atoms with Crippen molar-refractivity contribution < 1.29 is 14.6 Å². The molecular formula is C13H18O3. The summed E-state index contributed by atoms with van der Waals surface area (Å²) in [4.78, 5) is 11.3. The molecule has 0 aromatic heterocycles. The van der Waals surface area contributed by atoms with Gasteiger partial charge in [0.2, 0.25) is 0 Å². The van der Waals surface area contributed by atoms with Crippen LogP contribution in [0.25, 0.3) is 0 Å². The van der Waals surface area contributed by atoms with E-state index >= 15 is 0 Å². The predicted octanol–water partition coefficient (Wildman–Crippen LogP) is 2.11. The van der Waals surface area contributed by atoms with Crippen LogP contribution in [0.4, 0.5) is 0 Å². The normalized spacial score (nSPS) is 33.0. The second-order valence-corrected chi connectivity index (χ2v) is 4.46. The van der Waals surface area contributed by atoms with Crippen LogP contribution >= 0.6 is 0 Å². The minimum Gasteiger partial charge on any atom is -0.364 e. The molecule has 88 valence electrons. The zero-order valence-electron chi connectivity index (χ0n) is 9.61. The van der Waals surface area contributed by atoms with Gasteiger partial charge < -0.3 is 9.84 Å². The van der Waals surface area contributed by atoms with Crippen LogP contribution in [0.15, 0.2) is 23.3 Å². The lowest BCUT2D eigenvalue weighted by molar-refractivity contribution is -0.150. The summed E-state index contributed by atoms with van der Waals surface area (Å²) in [7, 11) is 0. The molecule has 1 heterocycles. The van der Waals surface area contributed by atoms with Crippen molar-refractivity contribution in [3.8, 4) is 0 Å². The molecule has 3 heteroatoms. The number of aliphatic hydroxyl groups excluding tert-OH is 1. The van der Waals surface area contributed by atoms with E-state index in [2.05, 4.69) is 6.92 Å². The molecule has 0 aromatic rings. The Morgan fingerprint density at radius 1 is 1.69 bits per heavy atom. The average molecular weight is 222 g/mol. The highest BCUT2D eigenvalue weighted by atomic mass is 16.6. The van der Waals surface area contributed by atoms with Crippen LogP contribution in [-0.4, -0.2) is 23.3 Å². The summed E-state index contributed by atoms with van der Waals surface area (Å²) in [6, 6.07) is 0. The summed E-state index contributed by atoms with van der Waals surface area (Å²) in [5.74, 6) is 0. The van der Waals surface area contributed by atoms with Crippen molar-refractivity contribution in [1.82, 2.24) is 0 Å². The first-order valence-electron chi connectivity index (χ1n) is 5.96. The molecule has 0 fully saturated rings. The van der Waals surface area contributed by atoms with Crippen LogP contribution in [0, 0.1) is 0 Å². The quantitative estimate of drug-likeness (QED) is 0.741. The molecule has 0 saturated carbocycles. The fourth-order valence-corrected chi connectivity index (χ4v) is 2.47. The Bertz CT molecular complexity index is 343. The summed E-state index contributed by atoms with van der Waals surface area (Å²) in [5, 5.41) is 9.82. The number of aldehydes is 1. The molecule has 1 aliphatic heterocycles. The summed E-state index contributed by atoms with van der Waals surface area (Å²) in [5.41, 5.74) is 0.905. The topological polar surface area (TPSA) is 46.5 Å². The second kappa shape index (κ2) is 4.52. The Morgan fingerprint density at radius 3 is 3.19 bits per heavy atom. The number of rotatable bonds is 4. The van der Waals surface area contributed by atoms with E-state index in [9.17, 15) is 9.90 Å². The van der Waals surface area contributed by atoms with Gasteiger partial charge in [0.15, 0.2) is 18.2 Å². The minimum absolute atomic E-state index is 0.660. The van der Waals surface area contributed by atoms with Gasteiger partial charge in [-0.25, -0.2) is 0 Å². The van der Waals surface area contributed by atoms with E-state index in [-0.39, 0.29) is 0 Å². The molecule has 0 spiro atoms. The molecule has 2 atom stereocenters. The lowest BCUT2D eigenvalue weighted by Gasteiger charge is -2.25. The van der Waals surface area contributed by atoms with Gasteiger partial charge in [0.25, 0.3) is 0 Å². The van der Waals surface area contributed by atoms with E-state index in [1.165, 1.54) is 0 Å². The third-order valence-electron chi connectivity index (χ3n) is 3.38. The molecule has 1 N–H and O–H groups in total. The van der Waals surface area contributed by atoms with Crippen molar-refractivity contribution in [2.75, 3.05) is 0 Å². The van der Waals surface area contributed by atoms with Crippen LogP contribution in [0.1, 0.15) is 39.0 Å². The maximum absolute atomic E-state index is 11.3. The smallest absolute Gasteiger partial charge is 0.179 e. The zero-order valence-corrected chi connectivity index (χ0v) is 9.61. The maximum atomic E-state index is 11.3. The van der Waals surface area contributed by atoms with E-state index in [4.69, 9.17) is 4.74 Å². The van der Waals surface area contributed by atoms with Gasteiger partial charge in [0, 0.05) is 0 Å². The molecule has 0 bridgehead atoms. The van der Waals surface area contributed by atoms with Crippen molar-refractivity contribution in [3.63, 3.8) is 0 Å². The molecule has 1 aliphatic carbocycles. The summed E-state index contributed by atoms with van der Waals surface area (Å²) < 4.78 is 5.51. The molecule has 0 saturated heterocycles. The van der Waals surface area contributed by atoms with Gasteiger partial charge >= 0.3 is 0 Å². The lowest BCUT2D eigenvalue weighted by Crippen LogP contribution is -2.34. The Kier molecular flexibility index (Phi) is 3.26. The summed E-state index contributed by atoms with van der Waals surface area (Å²) in [6.07, 6.45) is 8.27. The van der Waals surface area contributed by atoms with E-state index < -0.39 is 11.9 Å². The number of carbonyl (C=O) groups excluding carboxylic acids is 1. The number of ether oxygens (including phenoxy) is 1. The number of aliphatic hydroxyl groups is 1. The predicted molar refractivity (Wildman–Crippen MR) is 60.8 cm³/mol. The number of hydrogen-bond donors (Lipinski definition) is 1. The van der Waals surface area contributed by atoms with E-state index in [1.807, 2.05) is 12.2 Å². The van der Waals surface area contributed by atoms with Crippen molar-refractivity contribution >= 4 is 6.29 Å². The summed E-state index contributed by atoms with van der Waals surface area (Å²) in [6.45, 7) is 2.08. The van der Waals surface area contributed by atoms with Gasteiger partial charge in [0.1, 0.15) is 0 Å². The number of unbranched alkanes of at least 4 members (excludes halogenated alkanes) is 1. The molecule has 2 rings (SSSR count). The largest absolute Gasteiger partial charge is 0.364 e. The zero-order chi connectivity index (χ0) is 11.6. The molecule has 16 heavy (non-hydrogen) atoms. The first kappa shape index (κ1) is 11.6. The third-order valence-corrected chi connectivity index (χ3v) is 3.38. The van der Waals surface area contributed by atoms with Crippen LogP contribution in [0.5, 0.6) is 0 Å². The molecule has 2 aliphatic rings. The highest BCUT2D eigenvalue weighted by Crippen LogP contribution is 2.42. The van der Waals surface area contributed by atoms with Gasteiger partial charge in [-0.05, 0) is 30.4 Å². The monoisotopic (exact) mass is 222 g/mol. The van der Waals surface area contributed by atoms with Gasteiger partial charge in [0.05, 0.1) is 0 Å². The highest BCUT2D eigenvalue weighted by molar-refractivity contribution is 5.73. The first-order valence-corrected chi connectivity index (χ1v) is 5.96. The van der Waals surface area contributed by atoms with Gasteiger partial charge in [-0.2, -0.15) is 0 Å². The number of hydrogen-bond acceptors (Lipinski definition) is 3. The highest BCUT2D eigenvalue weighted by Gasteiger charge is 2.45. The average Bonchev–Trinajstić information content (AvgIpc) is 2.62. The minimum atomic E-state index is -0.887. The standard InChI is InChI=1S/C13H18O3/c1-2-3-8-13(9-14)11-7-5-4-6-10(11)12(15)16-13/h5,7,9,12,15H,2-4,6,8H2,1H3. The molecule has 0 amide bonds. The SMILES string of the molecule is CCCCC1(C=O)OC(O)C2=C1C=CCC2. The Hall–Kier alpha value is -0.930. The third kappa shape index (κ3) is 1.74. The van der Waals surface area contributed by atoms with Crippen molar-refractivity contribution in [1.29, 1.82) is 0 Å². The van der Waals surface area contributed by atoms with Gasteiger partial charge in [-0.1, -0.05) is 31.9 Å².